The van der Waals surface area contributed by atoms with Crippen LogP contribution in [-0.4, -0.2) is 68.2 Å². The minimum absolute atomic E-state index is 0.0210. The molecule has 2 aliphatic heterocycles. The summed E-state index contributed by atoms with van der Waals surface area (Å²) in [6.07, 6.45) is 2.61. The zero-order chi connectivity index (χ0) is 13.9. The third kappa shape index (κ3) is 3.92. The topological polar surface area (TPSA) is 74.8 Å². The van der Waals surface area contributed by atoms with E-state index in [9.17, 15) is 18.0 Å². The molecule has 1 atom stereocenters. The minimum Gasteiger partial charge on any atom is -0.342 e. The number of nitrogens with zero attached hydrogens (tertiary/aromatic N) is 2. The summed E-state index contributed by atoms with van der Waals surface area (Å²) in [5, 5.41) is 0. The second kappa shape index (κ2) is 5.90. The average Bonchev–Trinajstić information content (AvgIpc) is 2.37. The van der Waals surface area contributed by atoms with E-state index in [-0.39, 0.29) is 23.3 Å². The van der Waals surface area contributed by atoms with Crippen LogP contribution in [0.3, 0.4) is 0 Å². The zero-order valence-electron chi connectivity index (χ0n) is 11.0. The molecule has 108 valence electrons. The molecular weight excluding hydrogens is 268 g/mol. The van der Waals surface area contributed by atoms with Gasteiger partial charge in [-0.3, -0.25) is 9.59 Å². The summed E-state index contributed by atoms with van der Waals surface area (Å²) in [6, 6.07) is 0. The molecule has 2 aliphatic rings. The highest BCUT2D eigenvalue weighted by molar-refractivity contribution is 7.91. The van der Waals surface area contributed by atoms with Gasteiger partial charge in [0.25, 0.3) is 0 Å². The Bertz CT molecular complexity index is 441. The van der Waals surface area contributed by atoms with Crippen LogP contribution >= 0.6 is 0 Å². The first-order chi connectivity index (χ1) is 9.00. The fourth-order valence-electron chi connectivity index (χ4n) is 2.73. The number of carbonyl (C=O) groups excluding carboxylic acids is 2. The molecule has 0 aromatic rings. The Morgan fingerprint density at radius 1 is 1.21 bits per heavy atom. The highest BCUT2D eigenvalue weighted by Gasteiger charge is 2.29. The minimum atomic E-state index is -2.95. The van der Waals surface area contributed by atoms with Crippen molar-refractivity contribution in [1.29, 1.82) is 0 Å². The van der Waals surface area contributed by atoms with Gasteiger partial charge >= 0.3 is 0 Å². The predicted octanol–water partition coefficient (Wildman–Crippen LogP) is -0.498. The van der Waals surface area contributed by atoms with Gasteiger partial charge in [-0.25, -0.2) is 8.42 Å². The second-order valence-electron chi connectivity index (χ2n) is 5.35. The maximum atomic E-state index is 12.1. The SMILES string of the molecule is O=CN1CCN(C(=O)CC2CCCS(=O)(=O)C2)CC1. The number of hydrogen-bond acceptors (Lipinski definition) is 4. The van der Waals surface area contributed by atoms with Crippen LogP contribution in [0.4, 0.5) is 0 Å². The molecule has 0 bridgehead atoms. The van der Waals surface area contributed by atoms with Crippen LogP contribution in [0, 0.1) is 5.92 Å². The normalized spacial score (nSPS) is 27.1. The van der Waals surface area contributed by atoms with Gasteiger partial charge in [0.2, 0.25) is 12.3 Å². The average molecular weight is 288 g/mol. The first-order valence-corrected chi connectivity index (χ1v) is 8.50. The first kappa shape index (κ1) is 14.3. The quantitative estimate of drug-likeness (QED) is 0.656. The Hall–Kier alpha value is -1.11. The van der Waals surface area contributed by atoms with E-state index in [4.69, 9.17) is 0 Å². The van der Waals surface area contributed by atoms with Crippen molar-refractivity contribution in [3.8, 4) is 0 Å². The molecule has 2 heterocycles. The molecule has 0 aromatic heterocycles. The van der Waals surface area contributed by atoms with E-state index in [0.717, 1.165) is 12.8 Å². The van der Waals surface area contributed by atoms with Gasteiger partial charge in [-0.15, -0.1) is 0 Å². The van der Waals surface area contributed by atoms with Crippen LogP contribution in [-0.2, 0) is 19.4 Å². The van der Waals surface area contributed by atoms with Crippen molar-refractivity contribution in [3.63, 3.8) is 0 Å². The molecule has 0 saturated carbocycles. The van der Waals surface area contributed by atoms with Crippen LogP contribution in [0.5, 0.6) is 0 Å². The maximum Gasteiger partial charge on any atom is 0.223 e. The lowest BCUT2D eigenvalue weighted by Crippen LogP contribution is -2.48. The number of amides is 2. The van der Waals surface area contributed by atoms with Gasteiger partial charge in [0.15, 0.2) is 9.84 Å². The van der Waals surface area contributed by atoms with Crippen molar-refractivity contribution < 1.29 is 18.0 Å². The summed E-state index contributed by atoms with van der Waals surface area (Å²) in [4.78, 5) is 26.1. The fraction of sp³-hybridized carbons (Fsp3) is 0.833. The third-order valence-electron chi connectivity index (χ3n) is 3.84. The standard InChI is InChI=1S/C12H20N2O4S/c15-10-13-3-5-14(6-4-13)12(16)8-11-2-1-7-19(17,18)9-11/h10-11H,1-9H2. The molecule has 1 unspecified atom stereocenters. The number of piperazine rings is 1. The molecule has 6 nitrogen and oxygen atoms in total. The molecule has 0 spiro atoms. The Balaban J connectivity index is 1.83. The smallest absolute Gasteiger partial charge is 0.223 e. The van der Waals surface area contributed by atoms with Gasteiger partial charge in [0.1, 0.15) is 0 Å². The predicted molar refractivity (Wildman–Crippen MR) is 70.2 cm³/mol. The second-order valence-corrected chi connectivity index (χ2v) is 7.58. The lowest BCUT2D eigenvalue weighted by molar-refractivity contribution is -0.135. The van der Waals surface area contributed by atoms with Crippen LogP contribution in [0.1, 0.15) is 19.3 Å². The summed E-state index contributed by atoms with van der Waals surface area (Å²) in [6.45, 7) is 2.24. The fourth-order valence-corrected chi connectivity index (χ4v) is 4.51. The van der Waals surface area contributed by atoms with Crippen molar-refractivity contribution in [2.75, 3.05) is 37.7 Å². The van der Waals surface area contributed by atoms with Gasteiger partial charge in [0.05, 0.1) is 11.5 Å². The van der Waals surface area contributed by atoms with E-state index in [1.165, 1.54) is 0 Å². The zero-order valence-corrected chi connectivity index (χ0v) is 11.8. The van der Waals surface area contributed by atoms with E-state index >= 15 is 0 Å². The van der Waals surface area contributed by atoms with E-state index in [2.05, 4.69) is 0 Å². The molecule has 0 N–H and O–H groups in total. The Labute approximate surface area is 113 Å². The van der Waals surface area contributed by atoms with Crippen LogP contribution in [0.15, 0.2) is 0 Å². The van der Waals surface area contributed by atoms with Gasteiger partial charge in [0, 0.05) is 32.6 Å². The molecule has 2 amide bonds. The van der Waals surface area contributed by atoms with E-state index in [1.54, 1.807) is 9.80 Å². The summed E-state index contributed by atoms with van der Waals surface area (Å²) in [5.41, 5.74) is 0. The molecular formula is C12H20N2O4S. The van der Waals surface area contributed by atoms with Crippen molar-refractivity contribution >= 4 is 22.2 Å². The van der Waals surface area contributed by atoms with Crippen molar-refractivity contribution in [3.05, 3.63) is 0 Å². The summed E-state index contributed by atoms with van der Waals surface area (Å²) >= 11 is 0. The van der Waals surface area contributed by atoms with E-state index in [0.29, 0.717) is 39.0 Å². The molecule has 0 aliphatic carbocycles. The lowest BCUT2D eigenvalue weighted by Gasteiger charge is -2.33. The van der Waals surface area contributed by atoms with Crippen LogP contribution < -0.4 is 0 Å². The number of rotatable bonds is 3. The van der Waals surface area contributed by atoms with Gasteiger partial charge in [-0.1, -0.05) is 0 Å². The molecule has 2 saturated heterocycles. The Kier molecular flexibility index (Phi) is 4.44. The maximum absolute atomic E-state index is 12.1. The number of hydrogen-bond donors (Lipinski definition) is 0. The first-order valence-electron chi connectivity index (χ1n) is 6.68. The molecule has 0 radical (unpaired) electrons. The largest absolute Gasteiger partial charge is 0.342 e. The van der Waals surface area contributed by atoms with Crippen LogP contribution in [0.25, 0.3) is 0 Å². The van der Waals surface area contributed by atoms with Gasteiger partial charge in [-0.2, -0.15) is 0 Å². The highest BCUT2D eigenvalue weighted by atomic mass is 32.2. The monoisotopic (exact) mass is 288 g/mol. The summed E-state index contributed by atoms with van der Waals surface area (Å²) in [5.74, 6) is 0.394. The molecule has 7 heteroatoms. The van der Waals surface area contributed by atoms with Crippen molar-refractivity contribution in [1.82, 2.24) is 9.80 Å². The lowest BCUT2D eigenvalue weighted by atomic mass is 10.0. The number of carbonyl (C=O) groups is 2. The van der Waals surface area contributed by atoms with Crippen molar-refractivity contribution in [2.24, 2.45) is 5.92 Å². The summed E-state index contributed by atoms with van der Waals surface area (Å²) < 4.78 is 23.1. The van der Waals surface area contributed by atoms with Crippen LogP contribution in [0.2, 0.25) is 0 Å². The molecule has 0 aromatic carbocycles. The molecule has 2 fully saturated rings. The highest BCUT2D eigenvalue weighted by Crippen LogP contribution is 2.22. The third-order valence-corrected chi connectivity index (χ3v) is 5.73. The Morgan fingerprint density at radius 3 is 2.47 bits per heavy atom. The van der Waals surface area contributed by atoms with E-state index < -0.39 is 9.84 Å². The van der Waals surface area contributed by atoms with E-state index in [1.807, 2.05) is 0 Å². The Morgan fingerprint density at radius 2 is 1.89 bits per heavy atom. The summed E-state index contributed by atoms with van der Waals surface area (Å²) in [7, 11) is -2.95. The molecule has 19 heavy (non-hydrogen) atoms. The van der Waals surface area contributed by atoms with Gasteiger partial charge in [-0.05, 0) is 18.8 Å². The molecule has 2 rings (SSSR count). The van der Waals surface area contributed by atoms with Crippen molar-refractivity contribution in [2.45, 2.75) is 19.3 Å². The number of sulfone groups is 1. The van der Waals surface area contributed by atoms with Gasteiger partial charge < -0.3 is 9.80 Å².